The Hall–Kier alpha value is -8.34. The number of methoxy groups -OCH3 is 1. The zero-order valence-corrected chi connectivity index (χ0v) is 82.7. The summed E-state index contributed by atoms with van der Waals surface area (Å²) in [6.07, 6.45) is 20.3. The Labute approximate surface area is 798 Å². The van der Waals surface area contributed by atoms with Crippen LogP contribution in [-0.2, 0) is 102 Å². The number of nitrogens with two attached hydrogens (primary N) is 3. The Morgan fingerprint density at radius 1 is 0.593 bits per heavy atom. The molecule has 0 spiro atoms. The topological polar surface area (TPSA) is 450 Å². The first-order valence-electron chi connectivity index (χ1n) is 49.2. The van der Waals surface area contributed by atoms with Crippen LogP contribution in [0.3, 0.4) is 0 Å². The van der Waals surface area contributed by atoms with E-state index in [4.69, 9.17) is 88.9 Å². The van der Waals surface area contributed by atoms with E-state index in [1.165, 1.54) is 87.9 Å². The van der Waals surface area contributed by atoms with E-state index in [0.29, 0.717) is 181 Å². The molecule has 4 saturated carbocycles. The Morgan fingerprint density at radius 2 is 1.16 bits per heavy atom. The molecule has 6 amide bonds. The average Bonchev–Trinajstić information content (AvgIpc) is 1.64. The van der Waals surface area contributed by atoms with E-state index in [1.54, 1.807) is 32.6 Å². The van der Waals surface area contributed by atoms with E-state index in [2.05, 4.69) is 93.6 Å². The minimum absolute atomic E-state index is 0.000385. The Morgan fingerprint density at radius 3 is 1.74 bits per heavy atom. The van der Waals surface area contributed by atoms with Gasteiger partial charge in [0.05, 0.1) is 175 Å². The molecule has 135 heavy (non-hydrogen) atoms. The molecular formula is C98H160FN15O21. The van der Waals surface area contributed by atoms with E-state index in [1.807, 2.05) is 19.9 Å². The van der Waals surface area contributed by atoms with Crippen LogP contribution in [0.1, 0.15) is 231 Å². The summed E-state index contributed by atoms with van der Waals surface area (Å²) in [5.74, 6) is 2.01. The molecule has 1 aromatic carbocycles. The van der Waals surface area contributed by atoms with Crippen LogP contribution < -0.4 is 33.2 Å². The lowest BCUT2D eigenvalue weighted by Gasteiger charge is -2.61. The van der Waals surface area contributed by atoms with Crippen molar-refractivity contribution in [2.24, 2.45) is 74.4 Å². The summed E-state index contributed by atoms with van der Waals surface area (Å²) < 4.78 is 88.0. The Balaban J connectivity index is 0.000000342. The molecule has 760 valence electrons. The molecule has 0 bridgehead atoms. The summed E-state index contributed by atoms with van der Waals surface area (Å²) in [6.45, 7) is 35.1. The number of piperazine rings is 1. The number of guanidine groups is 1. The van der Waals surface area contributed by atoms with Crippen LogP contribution in [0, 0.1) is 58.1 Å². The number of amides is 6. The Bertz CT molecular complexity index is 4260. The van der Waals surface area contributed by atoms with Crippen LogP contribution in [0.5, 0.6) is 0 Å². The number of aromatic nitrogens is 6. The number of imidazole rings is 1. The van der Waals surface area contributed by atoms with Crippen molar-refractivity contribution in [3.05, 3.63) is 65.5 Å². The number of primary amides is 1. The van der Waals surface area contributed by atoms with Crippen molar-refractivity contribution in [2.45, 2.75) is 240 Å². The third-order valence-corrected chi connectivity index (χ3v) is 26.9. The second kappa shape index (κ2) is 58.5. The molecule has 1 saturated heterocycles. The highest BCUT2D eigenvalue weighted by Crippen LogP contribution is 2.68. The van der Waals surface area contributed by atoms with Gasteiger partial charge in [0.1, 0.15) is 30.2 Å². The number of hydrogen-bond donors (Lipinski definition) is 6. The monoisotopic (exact) mass is 1900 g/mol. The number of ether oxygens (including phenoxy) is 13. The van der Waals surface area contributed by atoms with Gasteiger partial charge in [-0.3, -0.25) is 43.3 Å². The number of hydrogen-bond acceptors (Lipinski definition) is 26. The first-order chi connectivity index (χ1) is 64.7. The standard InChI is InChI=1S/C57H102N6O13.C41H58FN9O8/c1-40(2)10-7-11-41(3)45-16-17-46-44-15-14-42-38-43(18-22-56(42,4)47(44)19-23-57(45,46)5)76-53(67)39-49(54(58)68)63-52(66)21-27-71-29-31-73-33-35-75-37-36-74-34-32-72-30-28-70-25-9-13-50(64)48(12-8-24-61-55(59)60)62-51(65)20-26-69-6;1-7-15-55-17-19-57-21-23-59-24-22-58-20-18-56-16-12-43-36(52)28-49-26-35(45-47-49)38(53)48-13-14-50(41(5,6)29-48)39(54)34-27-51-37(44-34)32(40(2,3)4)25-33(46-51)30-8-10-31(42)11-9-30/h40-49H,7-39H2,1-6H3,(H2,58,68)(H,62,65)(H,63,66)(H4,59,60,61);8-11,25-27H,7,12-24,28-29H2,1-6H3,(H,43,52)/t41-,42?,43?,44+,45-,46+,47+,48+,49+,56+,57-;/m1./s1. The van der Waals surface area contributed by atoms with Crippen molar-refractivity contribution in [1.29, 1.82) is 0 Å². The van der Waals surface area contributed by atoms with E-state index in [0.717, 1.165) is 78.9 Å². The van der Waals surface area contributed by atoms with Gasteiger partial charge in [0.2, 0.25) is 23.6 Å². The molecule has 37 heteroatoms. The van der Waals surface area contributed by atoms with Crippen molar-refractivity contribution in [2.75, 3.05) is 192 Å². The number of halogens is 1. The lowest BCUT2D eigenvalue weighted by atomic mass is 9.44. The van der Waals surface area contributed by atoms with Crippen LogP contribution in [-0.4, -0.2) is 308 Å². The molecule has 5 fully saturated rings. The molecule has 4 heterocycles. The molecule has 9 N–H and O–H groups in total. The molecule has 36 nitrogen and oxygen atoms in total. The lowest BCUT2D eigenvalue weighted by Crippen LogP contribution is -2.62. The van der Waals surface area contributed by atoms with Gasteiger partial charge in [-0.1, -0.05) is 86.8 Å². The number of benzene rings is 1. The Kier molecular flexibility index (Phi) is 48.5. The second-order valence-electron chi connectivity index (χ2n) is 38.9. The summed E-state index contributed by atoms with van der Waals surface area (Å²) in [4.78, 5) is 115. The minimum atomic E-state index is -1.15. The molecule has 4 aromatic rings. The number of carbonyl (C=O) groups is 8. The summed E-state index contributed by atoms with van der Waals surface area (Å²) in [5, 5.41) is 20.9. The molecule has 0 radical (unpaired) electrons. The maximum Gasteiger partial charge on any atom is 0.308 e. The predicted octanol–water partition coefficient (Wildman–Crippen LogP) is 9.20. The van der Waals surface area contributed by atoms with Crippen LogP contribution in [0.2, 0.25) is 0 Å². The van der Waals surface area contributed by atoms with E-state index >= 15 is 0 Å². The predicted molar refractivity (Wildman–Crippen MR) is 506 cm³/mol. The normalized spacial score (nSPS) is 20.9. The van der Waals surface area contributed by atoms with Crippen molar-refractivity contribution in [3.8, 4) is 11.3 Å². The van der Waals surface area contributed by atoms with Crippen molar-refractivity contribution < 1.29 is 104 Å². The number of Topliss-reactive ketones (excluding diaryl/α,β-unsaturated/α-hetero) is 1. The number of fused-ring (bicyclic) bond motifs is 6. The average molecular weight is 1900 g/mol. The van der Waals surface area contributed by atoms with Gasteiger partial charge in [-0.15, -0.1) is 5.10 Å². The maximum absolute atomic E-state index is 14.0. The number of ketones is 1. The first kappa shape index (κ1) is 112. The molecule has 9 rings (SSSR count). The molecule has 5 aliphatic rings. The third kappa shape index (κ3) is 37.4. The summed E-state index contributed by atoms with van der Waals surface area (Å²) in [5.41, 5.74) is 19.2. The SMILES string of the molecule is CCCOCCOCCOCCOCCOCCNC(=O)Cn1cc(C(=O)N2CCN(C(=O)c3cn4nc(-c5ccc(F)cc5)cc(C(C)(C)C)c4n3)C(C)(C)C2)nn1.COCCC(=O)N[C@@H](CCCN=C(N)N)C(=O)CCCOCCOCCOCCOCCOCCOCCC(=O)N[C@@H](CC(=O)OC1CC[C@@]2(C)C(CC[C@H]3[C@@H]4CC[C@H]([C@H](C)CCCC(C)C)[C@@]4(C)CC[C@@H]32)C1)C(N)=O. The molecular weight excluding hydrogens is 1740 g/mol. The maximum atomic E-state index is 14.0. The van der Waals surface area contributed by atoms with Crippen LogP contribution in [0.25, 0.3) is 16.9 Å². The number of carbonyl (C=O) groups excluding carboxylic acids is 8. The highest BCUT2D eigenvalue weighted by molar-refractivity contribution is 5.95. The molecule has 11 atom stereocenters. The van der Waals surface area contributed by atoms with Gasteiger partial charge in [-0.05, 0) is 185 Å². The van der Waals surface area contributed by atoms with Crippen LogP contribution in [0.15, 0.2) is 47.7 Å². The van der Waals surface area contributed by atoms with E-state index in [-0.39, 0.29) is 141 Å². The molecule has 1 aliphatic heterocycles. The van der Waals surface area contributed by atoms with Gasteiger partial charge in [-0.25, -0.2) is 18.6 Å². The third-order valence-electron chi connectivity index (χ3n) is 26.9. The van der Waals surface area contributed by atoms with Crippen molar-refractivity contribution >= 4 is 58.8 Å². The van der Waals surface area contributed by atoms with Gasteiger partial charge < -0.3 is 105 Å². The quantitative estimate of drug-likeness (QED) is 0.0104. The fourth-order valence-electron chi connectivity index (χ4n) is 19.9. The lowest BCUT2D eigenvalue weighted by molar-refractivity contribution is -0.163. The summed E-state index contributed by atoms with van der Waals surface area (Å²) in [7, 11) is 1.51. The first-order valence-corrected chi connectivity index (χ1v) is 49.2. The van der Waals surface area contributed by atoms with Gasteiger partial charge in [0.15, 0.2) is 23.1 Å². The number of nitrogens with one attached hydrogen (secondary N) is 3. The van der Waals surface area contributed by atoms with Crippen molar-refractivity contribution in [1.82, 2.24) is 55.3 Å². The largest absolute Gasteiger partial charge is 0.462 e. The van der Waals surface area contributed by atoms with Crippen LogP contribution in [0.4, 0.5) is 4.39 Å². The fourth-order valence-corrected chi connectivity index (χ4v) is 19.9. The molecule has 2 unspecified atom stereocenters. The number of aliphatic imine (C=N–C) groups is 1. The highest BCUT2D eigenvalue weighted by atomic mass is 19.1. The van der Waals surface area contributed by atoms with Gasteiger partial charge >= 0.3 is 5.97 Å². The van der Waals surface area contributed by atoms with E-state index in [9.17, 15) is 42.7 Å². The summed E-state index contributed by atoms with van der Waals surface area (Å²) >= 11 is 0. The zero-order chi connectivity index (χ0) is 97.8. The number of nitrogens with zero attached hydrogens (tertiary/aromatic N) is 9. The van der Waals surface area contributed by atoms with Crippen LogP contribution >= 0.6 is 0 Å². The highest BCUT2D eigenvalue weighted by Gasteiger charge is 2.61. The van der Waals surface area contributed by atoms with Crippen molar-refractivity contribution in [3.63, 3.8) is 0 Å². The zero-order valence-electron chi connectivity index (χ0n) is 82.7. The van der Waals surface area contributed by atoms with Gasteiger partial charge in [-0.2, -0.15) is 5.10 Å². The smallest absolute Gasteiger partial charge is 0.308 e. The summed E-state index contributed by atoms with van der Waals surface area (Å²) in [6, 6.07) is 6.28. The number of esters is 1. The fraction of sp³-hybridized carbons (Fsp3) is 0.765. The molecule has 4 aliphatic carbocycles. The second-order valence-corrected chi connectivity index (χ2v) is 38.9. The number of rotatable bonds is 63. The van der Waals surface area contributed by atoms with Gasteiger partial charge in [0, 0.05) is 83.4 Å². The van der Waals surface area contributed by atoms with Gasteiger partial charge in [0.25, 0.3) is 11.8 Å². The molecule has 3 aromatic heterocycles. The minimum Gasteiger partial charge on any atom is -0.462 e. The van der Waals surface area contributed by atoms with E-state index < -0.39 is 35.4 Å².